The van der Waals surface area contributed by atoms with Gasteiger partial charge in [0, 0.05) is 73.0 Å². The van der Waals surface area contributed by atoms with Crippen LogP contribution in [0, 0.1) is 0 Å². The number of hydrogen-bond acceptors (Lipinski definition) is 6. The first kappa shape index (κ1) is 33.6. The Morgan fingerprint density at radius 2 is 1.00 bits per heavy atom. The van der Waals surface area contributed by atoms with Gasteiger partial charge in [0.15, 0.2) is 0 Å². The van der Waals surface area contributed by atoms with E-state index in [0.29, 0.717) is 6.61 Å². The van der Waals surface area contributed by atoms with Crippen LogP contribution in [0.4, 0.5) is 0 Å². The summed E-state index contributed by atoms with van der Waals surface area (Å²) in [4.78, 5) is 2.63. The lowest BCUT2D eigenvalue weighted by molar-refractivity contribution is 0.148. The third kappa shape index (κ3) is 22.8. The summed E-state index contributed by atoms with van der Waals surface area (Å²) in [7, 11) is 1.79. The first-order valence-corrected chi connectivity index (χ1v) is 17.0. The number of methoxy groups -OCH3 is 1. The van der Waals surface area contributed by atoms with E-state index in [1.807, 2.05) is 0 Å². The zero-order valence-electron chi connectivity index (χ0n) is 22.3. The van der Waals surface area contributed by atoms with Gasteiger partial charge >= 0.3 is 0 Å². The summed E-state index contributed by atoms with van der Waals surface area (Å²) in [6, 6.07) is 0. The second-order valence-corrected chi connectivity index (χ2v) is 13.6. The van der Waals surface area contributed by atoms with E-state index in [1.54, 1.807) is 7.11 Å². The Kier molecular flexibility index (Phi) is 27.7. The normalized spacial score (nSPS) is 12.8. The third-order valence-corrected chi connectivity index (χ3v) is 11.1. The van der Waals surface area contributed by atoms with Crippen LogP contribution in [0.5, 0.6) is 0 Å². The summed E-state index contributed by atoms with van der Waals surface area (Å²) in [6.45, 7) is 15.7. The first-order chi connectivity index (χ1) is 16.2. The maximum atomic E-state index is 9.32. The summed E-state index contributed by atoms with van der Waals surface area (Å²) < 4.78 is 22.1. The van der Waals surface area contributed by atoms with Crippen molar-refractivity contribution in [3.05, 3.63) is 0 Å². The first-order valence-electron chi connectivity index (χ1n) is 13.2. The number of nitrogens with zero attached hydrogens (tertiary/aromatic N) is 1. The fourth-order valence-electron chi connectivity index (χ4n) is 3.69. The molecule has 33 heavy (non-hydrogen) atoms. The SMILES string of the molecule is CCOCCCP(CCCO)CCN(CCOC)CCP(CCCOCC)CCCOCC. The molecule has 0 aromatic carbocycles. The Bertz CT molecular complexity index is 371. The van der Waals surface area contributed by atoms with Crippen molar-refractivity contribution < 1.29 is 24.1 Å². The highest BCUT2D eigenvalue weighted by atomic mass is 31.1. The second kappa shape index (κ2) is 27.2. The molecule has 0 fully saturated rings. The van der Waals surface area contributed by atoms with Gasteiger partial charge in [0.05, 0.1) is 6.61 Å². The number of aliphatic hydroxyl groups excluding tert-OH is 1. The second-order valence-electron chi connectivity index (χ2n) is 8.25. The Hall–Kier alpha value is 0.620. The molecule has 6 nitrogen and oxygen atoms in total. The van der Waals surface area contributed by atoms with Crippen molar-refractivity contribution in [1.29, 1.82) is 0 Å². The van der Waals surface area contributed by atoms with Gasteiger partial charge in [0.25, 0.3) is 0 Å². The number of aliphatic hydroxyl groups is 1. The van der Waals surface area contributed by atoms with Gasteiger partial charge in [-0.2, -0.15) is 0 Å². The minimum Gasteiger partial charge on any atom is -0.396 e. The highest BCUT2D eigenvalue weighted by Gasteiger charge is 2.14. The monoisotopic (exact) mass is 511 g/mol. The average molecular weight is 512 g/mol. The molecule has 8 heteroatoms. The van der Waals surface area contributed by atoms with Crippen LogP contribution >= 0.6 is 15.8 Å². The van der Waals surface area contributed by atoms with Crippen LogP contribution in [0.1, 0.15) is 46.5 Å². The molecule has 0 amide bonds. The van der Waals surface area contributed by atoms with Crippen molar-refractivity contribution in [1.82, 2.24) is 4.90 Å². The summed E-state index contributed by atoms with van der Waals surface area (Å²) in [5, 5.41) is 9.32. The van der Waals surface area contributed by atoms with Gasteiger partial charge in [-0.25, -0.2) is 0 Å². The molecule has 0 heterocycles. The van der Waals surface area contributed by atoms with E-state index in [1.165, 1.54) is 56.4 Å². The molecule has 0 aliphatic rings. The molecule has 0 radical (unpaired) electrons. The van der Waals surface area contributed by atoms with Crippen LogP contribution in [0.2, 0.25) is 0 Å². The third-order valence-electron chi connectivity index (χ3n) is 5.61. The van der Waals surface area contributed by atoms with Gasteiger partial charge in [0.2, 0.25) is 0 Å². The van der Waals surface area contributed by atoms with E-state index in [0.717, 1.165) is 72.2 Å². The van der Waals surface area contributed by atoms with Crippen LogP contribution in [0.3, 0.4) is 0 Å². The molecular formula is C25H55NO5P2. The summed E-state index contributed by atoms with van der Waals surface area (Å²) in [5.41, 5.74) is 0. The predicted molar refractivity (Wildman–Crippen MR) is 146 cm³/mol. The lowest BCUT2D eigenvalue weighted by atomic mass is 10.5. The van der Waals surface area contributed by atoms with Crippen molar-refractivity contribution in [2.75, 3.05) is 117 Å². The van der Waals surface area contributed by atoms with E-state index >= 15 is 0 Å². The molecule has 1 N–H and O–H groups in total. The maximum Gasteiger partial charge on any atom is 0.0589 e. The number of ether oxygens (including phenoxy) is 4. The molecule has 0 aliphatic carbocycles. The van der Waals surface area contributed by atoms with Gasteiger partial charge in [-0.05, 0) is 83.4 Å². The van der Waals surface area contributed by atoms with Crippen molar-refractivity contribution in [3.8, 4) is 0 Å². The number of rotatable bonds is 27. The molecule has 0 saturated heterocycles. The van der Waals surface area contributed by atoms with Gasteiger partial charge in [0.1, 0.15) is 0 Å². The average Bonchev–Trinajstić information content (AvgIpc) is 2.83. The van der Waals surface area contributed by atoms with Gasteiger partial charge in [-0.15, -0.1) is 15.8 Å². The Morgan fingerprint density at radius 3 is 1.36 bits per heavy atom. The molecule has 1 unspecified atom stereocenters. The van der Waals surface area contributed by atoms with Gasteiger partial charge < -0.3 is 29.0 Å². The largest absolute Gasteiger partial charge is 0.396 e. The minimum absolute atomic E-state index is 0.0228. The van der Waals surface area contributed by atoms with E-state index in [9.17, 15) is 5.11 Å². The highest BCUT2D eigenvalue weighted by Crippen LogP contribution is 2.38. The molecule has 0 saturated carbocycles. The predicted octanol–water partition coefficient (Wildman–Crippen LogP) is 4.56. The van der Waals surface area contributed by atoms with Crippen molar-refractivity contribution >= 4 is 15.8 Å². The lowest BCUT2D eigenvalue weighted by Gasteiger charge is -2.27. The van der Waals surface area contributed by atoms with Gasteiger partial charge in [-0.1, -0.05) is 0 Å². The summed E-state index contributed by atoms with van der Waals surface area (Å²) >= 11 is 0. The topological polar surface area (TPSA) is 60.4 Å². The minimum atomic E-state index is -0.0343. The molecule has 0 rings (SSSR count). The maximum absolute atomic E-state index is 9.32. The quantitative estimate of drug-likeness (QED) is 0.129. The Balaban J connectivity index is 4.64. The zero-order chi connectivity index (χ0) is 24.4. The standard InChI is InChI=1S/C25H55NO5P2/c1-5-29-16-9-21-32(20-8-15-27)24-13-26(12-19-28-4)14-25-33(22-10-17-30-6-2)23-11-18-31-7-3/h27H,5-25H2,1-4H3. The van der Waals surface area contributed by atoms with Crippen molar-refractivity contribution in [2.24, 2.45) is 0 Å². The molecule has 1 atom stereocenters. The summed E-state index contributed by atoms with van der Waals surface area (Å²) in [6.07, 6.45) is 12.1. The molecule has 0 spiro atoms. The fraction of sp³-hybridized carbons (Fsp3) is 1.00. The van der Waals surface area contributed by atoms with Crippen LogP contribution in [0.25, 0.3) is 0 Å². The molecule has 0 aromatic heterocycles. The van der Waals surface area contributed by atoms with Crippen LogP contribution in [-0.4, -0.2) is 127 Å². The van der Waals surface area contributed by atoms with Crippen molar-refractivity contribution in [2.45, 2.75) is 46.5 Å². The van der Waals surface area contributed by atoms with E-state index in [2.05, 4.69) is 25.7 Å². The fourth-order valence-corrected chi connectivity index (χ4v) is 8.48. The van der Waals surface area contributed by atoms with E-state index < -0.39 is 0 Å². The Labute approximate surface area is 208 Å². The zero-order valence-corrected chi connectivity index (χ0v) is 24.1. The Morgan fingerprint density at radius 1 is 0.576 bits per heavy atom. The smallest absolute Gasteiger partial charge is 0.0589 e. The van der Waals surface area contributed by atoms with Crippen molar-refractivity contribution in [3.63, 3.8) is 0 Å². The summed E-state index contributed by atoms with van der Waals surface area (Å²) in [5.74, 6) is 0. The van der Waals surface area contributed by atoms with Gasteiger partial charge in [-0.3, -0.25) is 0 Å². The van der Waals surface area contributed by atoms with Crippen LogP contribution in [0.15, 0.2) is 0 Å². The van der Waals surface area contributed by atoms with E-state index in [4.69, 9.17) is 18.9 Å². The highest BCUT2D eigenvalue weighted by molar-refractivity contribution is 7.57. The lowest BCUT2D eigenvalue weighted by Crippen LogP contribution is -2.33. The molecule has 0 bridgehead atoms. The van der Waals surface area contributed by atoms with Crippen LogP contribution in [-0.2, 0) is 18.9 Å². The number of hydrogen-bond donors (Lipinski definition) is 1. The molecule has 200 valence electrons. The van der Waals surface area contributed by atoms with Crippen LogP contribution < -0.4 is 0 Å². The molecular weight excluding hydrogens is 456 g/mol. The molecule has 0 aromatic rings. The van der Waals surface area contributed by atoms with E-state index in [-0.39, 0.29) is 15.8 Å². The molecule has 0 aliphatic heterocycles.